The summed E-state index contributed by atoms with van der Waals surface area (Å²) in [5, 5.41) is 4.45. The van der Waals surface area contributed by atoms with Crippen LogP contribution in [0, 0.1) is 6.92 Å². The molecule has 2 nitrogen and oxygen atoms in total. The van der Waals surface area contributed by atoms with Gasteiger partial charge in [-0.1, -0.05) is 32.0 Å². The third kappa shape index (κ3) is 2.15. The van der Waals surface area contributed by atoms with Gasteiger partial charge in [0.25, 0.3) is 0 Å². The molecule has 0 spiro atoms. The van der Waals surface area contributed by atoms with Crippen molar-refractivity contribution in [2.45, 2.75) is 26.7 Å². The molecule has 0 atom stereocenters. The summed E-state index contributed by atoms with van der Waals surface area (Å²) in [6, 6.07) is 8.26. The molecule has 19 heavy (non-hydrogen) atoms. The molecule has 3 rings (SSSR count). The van der Waals surface area contributed by atoms with Crippen molar-refractivity contribution in [2.24, 2.45) is 0 Å². The van der Waals surface area contributed by atoms with Crippen LogP contribution in [0.3, 0.4) is 0 Å². The van der Waals surface area contributed by atoms with Crippen LogP contribution in [0.5, 0.6) is 0 Å². The van der Waals surface area contributed by atoms with E-state index in [0.717, 1.165) is 10.5 Å². The van der Waals surface area contributed by atoms with Gasteiger partial charge in [0.1, 0.15) is 5.01 Å². The molecule has 2 aromatic heterocycles. The number of hydrogen-bond acceptors (Lipinski definition) is 3. The molecule has 0 fully saturated rings. The Balaban J connectivity index is 2.25. The minimum Gasteiger partial charge on any atom is -0.256 e. The molecule has 0 saturated carbocycles. The van der Waals surface area contributed by atoms with Crippen molar-refractivity contribution in [1.29, 1.82) is 0 Å². The van der Waals surface area contributed by atoms with Crippen LogP contribution in [-0.4, -0.2) is 9.97 Å². The Kier molecular flexibility index (Phi) is 3.07. The van der Waals surface area contributed by atoms with Gasteiger partial charge in [-0.3, -0.25) is 4.98 Å². The molecule has 0 saturated heterocycles. The van der Waals surface area contributed by atoms with Gasteiger partial charge in [0.05, 0.1) is 11.2 Å². The van der Waals surface area contributed by atoms with Gasteiger partial charge < -0.3 is 0 Å². The first-order valence-corrected chi connectivity index (χ1v) is 7.35. The molecule has 0 aliphatic rings. The standard InChI is InChI=1S/C16H16N2S/c1-10(2)14-9-19-16(18-14)15-11(3)8-17-13-7-5-4-6-12(13)15/h4-10H,1-3H3. The van der Waals surface area contributed by atoms with E-state index >= 15 is 0 Å². The van der Waals surface area contributed by atoms with E-state index in [-0.39, 0.29) is 0 Å². The van der Waals surface area contributed by atoms with E-state index in [0.29, 0.717) is 5.92 Å². The van der Waals surface area contributed by atoms with Crippen LogP contribution in [-0.2, 0) is 0 Å². The van der Waals surface area contributed by atoms with Crippen LogP contribution in [0.2, 0.25) is 0 Å². The van der Waals surface area contributed by atoms with Crippen molar-refractivity contribution in [3.05, 3.63) is 47.1 Å². The van der Waals surface area contributed by atoms with Gasteiger partial charge in [-0.2, -0.15) is 0 Å². The average molecular weight is 268 g/mol. The van der Waals surface area contributed by atoms with E-state index in [9.17, 15) is 0 Å². The number of para-hydroxylation sites is 1. The molecular weight excluding hydrogens is 252 g/mol. The minimum atomic E-state index is 0.471. The predicted molar refractivity (Wildman–Crippen MR) is 81.7 cm³/mol. The molecule has 0 amide bonds. The maximum Gasteiger partial charge on any atom is 0.124 e. The smallest absolute Gasteiger partial charge is 0.124 e. The van der Waals surface area contributed by atoms with E-state index < -0.39 is 0 Å². The van der Waals surface area contributed by atoms with Crippen LogP contribution in [0.25, 0.3) is 21.5 Å². The quantitative estimate of drug-likeness (QED) is 0.667. The van der Waals surface area contributed by atoms with Gasteiger partial charge >= 0.3 is 0 Å². The molecular formula is C16H16N2S. The molecule has 0 radical (unpaired) electrons. The highest BCUT2D eigenvalue weighted by Gasteiger charge is 2.13. The lowest BCUT2D eigenvalue weighted by molar-refractivity contribution is 0.834. The SMILES string of the molecule is Cc1cnc2ccccc2c1-c1nc(C(C)C)cs1. The fraction of sp³-hybridized carbons (Fsp3) is 0.250. The zero-order chi connectivity index (χ0) is 13.4. The fourth-order valence-electron chi connectivity index (χ4n) is 2.19. The lowest BCUT2D eigenvalue weighted by Gasteiger charge is -2.07. The Morgan fingerprint density at radius 1 is 1.16 bits per heavy atom. The average Bonchev–Trinajstić information content (AvgIpc) is 2.88. The highest BCUT2D eigenvalue weighted by molar-refractivity contribution is 7.13. The number of fused-ring (bicyclic) bond motifs is 1. The molecule has 2 heterocycles. The van der Waals surface area contributed by atoms with Crippen molar-refractivity contribution < 1.29 is 0 Å². The fourth-order valence-corrected chi connectivity index (χ4v) is 3.30. The predicted octanol–water partition coefficient (Wildman–Crippen LogP) is 4.79. The summed E-state index contributed by atoms with van der Waals surface area (Å²) in [6.07, 6.45) is 1.94. The first kappa shape index (κ1) is 12.3. The Morgan fingerprint density at radius 3 is 2.68 bits per heavy atom. The third-order valence-electron chi connectivity index (χ3n) is 3.29. The van der Waals surface area contributed by atoms with Crippen LogP contribution < -0.4 is 0 Å². The van der Waals surface area contributed by atoms with Gasteiger partial charge in [-0.05, 0) is 24.5 Å². The van der Waals surface area contributed by atoms with E-state index in [4.69, 9.17) is 4.98 Å². The summed E-state index contributed by atoms with van der Waals surface area (Å²) in [5.41, 5.74) is 4.61. The summed E-state index contributed by atoms with van der Waals surface area (Å²) in [5.74, 6) is 0.471. The van der Waals surface area contributed by atoms with Gasteiger partial charge in [0.15, 0.2) is 0 Å². The highest BCUT2D eigenvalue weighted by atomic mass is 32.1. The van der Waals surface area contributed by atoms with E-state index in [1.54, 1.807) is 11.3 Å². The largest absolute Gasteiger partial charge is 0.256 e. The second kappa shape index (κ2) is 4.74. The Morgan fingerprint density at radius 2 is 1.95 bits per heavy atom. The molecule has 0 aliphatic heterocycles. The van der Waals surface area contributed by atoms with Gasteiger partial charge in [-0.15, -0.1) is 11.3 Å². The van der Waals surface area contributed by atoms with E-state index in [1.165, 1.54) is 22.2 Å². The lowest BCUT2D eigenvalue weighted by Crippen LogP contribution is -1.90. The summed E-state index contributed by atoms with van der Waals surface area (Å²) < 4.78 is 0. The molecule has 0 bridgehead atoms. The summed E-state index contributed by atoms with van der Waals surface area (Å²) in [7, 11) is 0. The zero-order valence-electron chi connectivity index (χ0n) is 11.3. The van der Waals surface area contributed by atoms with E-state index in [1.807, 2.05) is 12.3 Å². The number of rotatable bonds is 2. The van der Waals surface area contributed by atoms with Crippen LogP contribution in [0.15, 0.2) is 35.8 Å². The van der Waals surface area contributed by atoms with Crippen molar-refractivity contribution in [2.75, 3.05) is 0 Å². The second-order valence-electron chi connectivity index (χ2n) is 5.07. The first-order chi connectivity index (χ1) is 9.16. The molecule has 0 aliphatic carbocycles. The van der Waals surface area contributed by atoms with Gasteiger partial charge in [0.2, 0.25) is 0 Å². The Labute approximate surface area is 117 Å². The van der Waals surface area contributed by atoms with Crippen molar-refractivity contribution in [1.82, 2.24) is 9.97 Å². The second-order valence-corrected chi connectivity index (χ2v) is 5.92. The number of pyridine rings is 1. The molecule has 0 unspecified atom stereocenters. The van der Waals surface area contributed by atoms with Crippen LogP contribution >= 0.6 is 11.3 Å². The lowest BCUT2D eigenvalue weighted by atomic mass is 10.1. The summed E-state index contributed by atoms with van der Waals surface area (Å²) >= 11 is 1.72. The van der Waals surface area contributed by atoms with Crippen molar-refractivity contribution in [3.8, 4) is 10.6 Å². The monoisotopic (exact) mass is 268 g/mol. The molecule has 96 valence electrons. The Hall–Kier alpha value is -1.74. The summed E-state index contributed by atoms with van der Waals surface area (Å²) in [4.78, 5) is 9.27. The third-order valence-corrected chi connectivity index (χ3v) is 4.17. The zero-order valence-corrected chi connectivity index (χ0v) is 12.2. The number of nitrogens with zero attached hydrogens (tertiary/aromatic N) is 2. The number of thiazole rings is 1. The molecule has 1 aromatic carbocycles. The highest BCUT2D eigenvalue weighted by Crippen LogP contribution is 2.33. The van der Waals surface area contributed by atoms with Gasteiger partial charge in [0, 0.05) is 22.5 Å². The normalized spacial score (nSPS) is 11.4. The summed E-state index contributed by atoms with van der Waals surface area (Å²) in [6.45, 7) is 6.46. The van der Waals surface area contributed by atoms with Crippen LogP contribution in [0.4, 0.5) is 0 Å². The number of benzene rings is 1. The maximum absolute atomic E-state index is 4.78. The maximum atomic E-state index is 4.78. The first-order valence-electron chi connectivity index (χ1n) is 6.47. The molecule has 3 aromatic rings. The minimum absolute atomic E-state index is 0.471. The molecule has 3 heteroatoms. The van der Waals surface area contributed by atoms with Crippen molar-refractivity contribution in [3.63, 3.8) is 0 Å². The number of hydrogen-bond donors (Lipinski definition) is 0. The van der Waals surface area contributed by atoms with Crippen LogP contribution in [0.1, 0.15) is 31.0 Å². The number of aryl methyl sites for hydroxylation is 1. The Bertz CT molecular complexity index is 728. The van der Waals surface area contributed by atoms with E-state index in [2.05, 4.69) is 49.3 Å². The van der Waals surface area contributed by atoms with Gasteiger partial charge in [-0.25, -0.2) is 4.98 Å². The molecule has 0 N–H and O–H groups in total. The topological polar surface area (TPSA) is 25.8 Å². The number of aromatic nitrogens is 2. The van der Waals surface area contributed by atoms with Crippen molar-refractivity contribution >= 4 is 22.2 Å².